The van der Waals surface area contributed by atoms with Crippen LogP contribution in [0.2, 0.25) is 0 Å². The van der Waals surface area contributed by atoms with E-state index >= 15 is 0 Å². The Morgan fingerprint density at radius 3 is 1.74 bits per heavy atom. The first-order chi connectivity index (χ1) is 34.6. The normalized spacial score (nSPS) is 30.3. The molecule has 0 bridgehead atoms. The second-order valence-electron chi connectivity index (χ2n) is 16.2. The summed E-state index contributed by atoms with van der Waals surface area (Å²) in [7, 11) is 3.72. The van der Waals surface area contributed by atoms with Crippen molar-refractivity contribution in [2.45, 2.75) is 92.1 Å². The summed E-state index contributed by atoms with van der Waals surface area (Å²) in [4.78, 5) is 63.9. The van der Waals surface area contributed by atoms with Gasteiger partial charge in [-0.1, -0.05) is 6.07 Å². The maximum absolute atomic E-state index is 13.6. The molecule has 0 spiro atoms. The Morgan fingerprint density at radius 2 is 1.14 bits per heavy atom. The number of benzene rings is 3. The average molecular weight is 1030 g/mol. The average Bonchev–Trinajstić information content (AvgIpc) is 3.34. The van der Waals surface area contributed by atoms with Crippen LogP contribution in [0.3, 0.4) is 0 Å². The second-order valence-corrected chi connectivity index (χ2v) is 16.2. The van der Waals surface area contributed by atoms with Crippen LogP contribution in [0.1, 0.15) is 5.56 Å². The number of aromatic hydroxyl groups is 3. The van der Waals surface area contributed by atoms with Crippen molar-refractivity contribution < 1.29 is 132 Å². The molecular weight excluding hydrogens is 988 g/mol. The summed E-state index contributed by atoms with van der Waals surface area (Å²) in [6.45, 7) is 0. The van der Waals surface area contributed by atoms with Gasteiger partial charge in [-0.15, -0.1) is 0 Å². The summed E-state index contributed by atoms with van der Waals surface area (Å²) in [6, 6.07) is 9.20. The zero-order chi connectivity index (χ0) is 53.3. The maximum Gasteiger partial charge on any atom is 0.335 e. The Morgan fingerprint density at radius 1 is 0.575 bits per heavy atom. The first-order valence-electron chi connectivity index (χ1n) is 21.3. The first-order valence-corrected chi connectivity index (χ1v) is 21.3. The van der Waals surface area contributed by atoms with Gasteiger partial charge in [0, 0.05) is 29.8 Å². The number of aliphatic carboxylic acids is 3. The molecule has 12 N–H and O–H groups in total. The van der Waals surface area contributed by atoms with Crippen molar-refractivity contribution >= 4 is 40.9 Å². The predicted molar refractivity (Wildman–Crippen MR) is 233 cm³/mol. The highest BCUT2D eigenvalue weighted by molar-refractivity contribution is 5.88. The molecule has 1 aromatic heterocycles. The number of rotatable bonds is 16. The van der Waals surface area contributed by atoms with Crippen LogP contribution in [-0.2, 0) is 47.6 Å². The highest BCUT2D eigenvalue weighted by Crippen LogP contribution is 2.42. The number of carbonyl (C=O) groups excluding carboxylic acids is 1. The molecule has 15 atom stereocenters. The summed E-state index contributed by atoms with van der Waals surface area (Å²) < 4.78 is 60.7. The van der Waals surface area contributed by atoms with E-state index in [1.54, 1.807) is 0 Å². The quantitative estimate of drug-likeness (QED) is 0.0425. The molecule has 3 fully saturated rings. The van der Waals surface area contributed by atoms with E-state index in [9.17, 15) is 85.3 Å². The minimum absolute atomic E-state index is 0.0271. The molecule has 0 unspecified atom stereocenters. The van der Waals surface area contributed by atoms with Gasteiger partial charge in [0.05, 0.1) is 21.3 Å². The molecule has 394 valence electrons. The van der Waals surface area contributed by atoms with Crippen LogP contribution in [0, 0.1) is 0 Å². The standard InChI is InChI=1S/C45H46O28/c1-63-21-8-14(4-6-17(21)46)5-7-25(49)68-39-34(69-43-32(55)28(51)29(52)35(70-43)40(57)58)33(56)37(42(61)62)72-45(39)73-38-31(54)30(53)36(41(59)60)71-44(38)66-16-11-18(47)26-19(48)13-20(67-22(26)12-16)15-9-23(64-2)27(50)24(10-15)65-3/h4-13,28-39,43-47,50-56H,1-3H3,(H,57,58)(H,59,60)(H,61,62)/b7-5+/t28-,29-,30-,31-,32+,33-,34-,35-,36-,37-,38+,39+,43+,44+,45-/m0/s1. The Balaban J connectivity index is 1.29. The van der Waals surface area contributed by atoms with E-state index in [1.807, 2.05) is 0 Å². The lowest BCUT2D eigenvalue weighted by Crippen LogP contribution is -2.68. The van der Waals surface area contributed by atoms with E-state index in [1.165, 1.54) is 51.7 Å². The third-order valence-electron chi connectivity index (χ3n) is 11.6. The highest BCUT2D eigenvalue weighted by atomic mass is 16.8. The van der Waals surface area contributed by atoms with Crippen LogP contribution in [-0.4, -0.2) is 199 Å². The van der Waals surface area contributed by atoms with Gasteiger partial charge in [-0.2, -0.15) is 0 Å². The number of aliphatic hydroxyl groups is 6. The van der Waals surface area contributed by atoms with Crippen molar-refractivity contribution in [1.82, 2.24) is 0 Å². The Labute approximate surface area is 408 Å². The fourth-order valence-electron chi connectivity index (χ4n) is 7.93. The van der Waals surface area contributed by atoms with E-state index in [2.05, 4.69) is 0 Å². The van der Waals surface area contributed by atoms with Gasteiger partial charge in [0.1, 0.15) is 71.0 Å². The van der Waals surface area contributed by atoms with Crippen molar-refractivity contribution in [3.8, 4) is 51.6 Å². The molecule has 73 heavy (non-hydrogen) atoms. The molecular formula is C45H46O28. The van der Waals surface area contributed by atoms with Crippen molar-refractivity contribution in [3.63, 3.8) is 0 Å². The van der Waals surface area contributed by atoms with Gasteiger partial charge < -0.3 is 113 Å². The topological polar surface area (TPSA) is 434 Å². The number of phenols is 3. The number of carboxylic acid groups (broad SMARTS) is 3. The number of ether oxygens (including phenoxy) is 10. The molecule has 28 heteroatoms. The van der Waals surface area contributed by atoms with E-state index < -0.39 is 150 Å². The molecule has 4 aromatic rings. The smallest absolute Gasteiger partial charge is 0.335 e. The van der Waals surface area contributed by atoms with Gasteiger partial charge in [-0.3, -0.25) is 4.79 Å². The number of methoxy groups -OCH3 is 3. The fourth-order valence-corrected chi connectivity index (χ4v) is 7.93. The third-order valence-corrected chi connectivity index (χ3v) is 11.6. The molecule has 3 saturated heterocycles. The summed E-state index contributed by atoms with van der Waals surface area (Å²) in [5.41, 5.74) is -0.889. The van der Waals surface area contributed by atoms with Crippen molar-refractivity contribution in [1.29, 1.82) is 0 Å². The molecule has 0 aliphatic carbocycles. The van der Waals surface area contributed by atoms with Gasteiger partial charge in [0.2, 0.25) is 12.0 Å². The molecule has 3 aliphatic heterocycles. The summed E-state index contributed by atoms with van der Waals surface area (Å²) >= 11 is 0. The fraction of sp³-hybridized carbons (Fsp3) is 0.400. The van der Waals surface area contributed by atoms with Crippen LogP contribution < -0.4 is 24.4 Å². The van der Waals surface area contributed by atoms with Crippen LogP contribution in [0.15, 0.2) is 63.8 Å². The van der Waals surface area contributed by atoms with Crippen molar-refractivity contribution in [2.24, 2.45) is 0 Å². The number of phenolic OH excluding ortho intramolecular Hbond substituents is 3. The minimum atomic E-state index is -2.51. The lowest BCUT2D eigenvalue weighted by molar-refractivity contribution is -0.373. The molecule has 7 rings (SSSR count). The van der Waals surface area contributed by atoms with Gasteiger partial charge in [-0.05, 0) is 35.9 Å². The first kappa shape index (κ1) is 53.4. The summed E-state index contributed by atoms with van der Waals surface area (Å²) in [5, 5.41) is 127. The number of aliphatic hydroxyl groups excluding tert-OH is 6. The molecule has 3 aromatic carbocycles. The van der Waals surface area contributed by atoms with Gasteiger partial charge in [0.15, 0.2) is 71.5 Å². The lowest BCUT2D eigenvalue weighted by Gasteiger charge is -2.47. The highest BCUT2D eigenvalue weighted by Gasteiger charge is 2.58. The molecule has 4 heterocycles. The van der Waals surface area contributed by atoms with Gasteiger partial charge in [0.25, 0.3) is 0 Å². The molecule has 0 saturated carbocycles. The van der Waals surface area contributed by atoms with Crippen LogP contribution >= 0.6 is 0 Å². The van der Waals surface area contributed by atoms with E-state index in [4.69, 9.17) is 51.8 Å². The molecule has 3 aliphatic rings. The number of hydrogen-bond acceptors (Lipinski definition) is 25. The third kappa shape index (κ3) is 10.9. The number of esters is 1. The Hall–Kier alpha value is -7.35. The van der Waals surface area contributed by atoms with Gasteiger partial charge >= 0.3 is 23.9 Å². The van der Waals surface area contributed by atoms with Gasteiger partial charge in [-0.25, -0.2) is 19.2 Å². The van der Waals surface area contributed by atoms with E-state index in [0.717, 1.165) is 30.4 Å². The van der Waals surface area contributed by atoms with Crippen LogP contribution in [0.4, 0.5) is 0 Å². The van der Waals surface area contributed by atoms with Crippen LogP contribution in [0.25, 0.3) is 28.4 Å². The van der Waals surface area contributed by atoms with Crippen LogP contribution in [0.5, 0.6) is 40.2 Å². The number of carboxylic acids is 3. The molecule has 28 nitrogen and oxygen atoms in total. The Kier molecular flexibility index (Phi) is 16.0. The number of carbonyl (C=O) groups is 4. The Bertz CT molecular complexity index is 2780. The monoisotopic (exact) mass is 1030 g/mol. The molecule has 0 radical (unpaired) electrons. The zero-order valence-corrected chi connectivity index (χ0v) is 37.8. The summed E-state index contributed by atoms with van der Waals surface area (Å²) in [6.07, 6.45) is -33.8. The lowest BCUT2D eigenvalue weighted by atomic mass is 9.95. The van der Waals surface area contributed by atoms with Crippen molar-refractivity contribution in [2.75, 3.05) is 21.3 Å². The van der Waals surface area contributed by atoms with E-state index in [-0.39, 0.29) is 39.9 Å². The maximum atomic E-state index is 13.6. The second kappa shape index (κ2) is 21.8. The number of hydrogen-bond donors (Lipinski definition) is 12. The minimum Gasteiger partial charge on any atom is -0.507 e. The van der Waals surface area contributed by atoms with Crippen molar-refractivity contribution in [3.05, 3.63) is 70.4 Å². The molecule has 0 amide bonds. The summed E-state index contributed by atoms with van der Waals surface area (Å²) in [5.74, 6) is -9.53. The predicted octanol–water partition coefficient (Wildman–Crippen LogP) is -2.03. The number of fused-ring (bicyclic) bond motifs is 1. The van der Waals surface area contributed by atoms with E-state index in [0.29, 0.717) is 0 Å². The SMILES string of the molecule is COc1cc(/C=C/C(=O)O[C@H]2[C@H](O[C@H]3[C@H](Oc4cc(O)c5c(=O)cc(-c6cc(OC)c(O)c(OC)c6)oc5c4)O[C@H](C(=O)O)[C@@H](O)[C@@H]3O)O[C@H](C(=O)O)[C@@H](O)[C@@H]2O[C@@H]2O[C@H](C(=O)O)[C@@H](O)[C@H](O)[C@H]2O)ccc1O. The largest absolute Gasteiger partial charge is 0.507 e. The zero-order valence-electron chi connectivity index (χ0n) is 37.8.